The van der Waals surface area contributed by atoms with Crippen LogP contribution in [0.4, 0.5) is 8.78 Å². The highest BCUT2D eigenvalue weighted by molar-refractivity contribution is 5.83. The number of hydrogen-bond acceptors (Lipinski definition) is 4. The minimum atomic E-state index is -0.337. The second-order valence-corrected chi connectivity index (χ2v) is 5.14. The minimum Gasteiger partial charge on any atom is -0.232 e. The lowest BCUT2D eigenvalue weighted by Gasteiger charge is -2.09. The van der Waals surface area contributed by atoms with Gasteiger partial charge in [0.1, 0.15) is 11.6 Å². The Morgan fingerprint density at radius 2 is 0.917 bits per heavy atom. The number of nitrogens with zero attached hydrogens (tertiary/aromatic N) is 4. The number of fused-ring (bicyclic) bond motifs is 1. The van der Waals surface area contributed by atoms with E-state index in [1.807, 2.05) is 0 Å². The summed E-state index contributed by atoms with van der Waals surface area (Å²) in [4.78, 5) is 17.4. The highest BCUT2D eigenvalue weighted by atomic mass is 19.1. The summed E-state index contributed by atoms with van der Waals surface area (Å²) in [5.41, 5.74) is 3.24. The van der Waals surface area contributed by atoms with Crippen LogP contribution in [0.25, 0.3) is 33.8 Å². The van der Waals surface area contributed by atoms with Crippen LogP contribution in [-0.4, -0.2) is 19.9 Å². The van der Waals surface area contributed by atoms with E-state index >= 15 is 0 Å². The molecule has 0 radical (unpaired) electrons. The summed E-state index contributed by atoms with van der Waals surface area (Å²) in [6.07, 6.45) is 3.06. The molecule has 0 amide bonds. The van der Waals surface area contributed by atoms with Crippen molar-refractivity contribution in [1.29, 1.82) is 0 Å². The molecule has 0 aliphatic carbocycles. The molecule has 6 heteroatoms. The first-order valence-corrected chi connectivity index (χ1v) is 7.21. The van der Waals surface area contributed by atoms with Gasteiger partial charge in [-0.25, -0.2) is 28.7 Å². The molecule has 0 saturated heterocycles. The quantitative estimate of drug-likeness (QED) is 0.559. The van der Waals surface area contributed by atoms with Crippen molar-refractivity contribution in [2.45, 2.75) is 0 Å². The SMILES string of the molecule is Fc1ccc(-c2nc3nccnc3nc2-c2ccc(F)cc2)cc1. The fourth-order valence-corrected chi connectivity index (χ4v) is 2.42. The van der Waals surface area contributed by atoms with Crippen molar-refractivity contribution >= 4 is 11.3 Å². The topological polar surface area (TPSA) is 51.6 Å². The Hall–Kier alpha value is -3.28. The second-order valence-electron chi connectivity index (χ2n) is 5.14. The van der Waals surface area contributed by atoms with Gasteiger partial charge in [-0.1, -0.05) is 0 Å². The van der Waals surface area contributed by atoms with Gasteiger partial charge in [0.15, 0.2) is 11.3 Å². The maximum Gasteiger partial charge on any atom is 0.198 e. The maximum atomic E-state index is 13.2. The van der Waals surface area contributed by atoms with Crippen LogP contribution in [0, 0.1) is 11.6 Å². The summed E-state index contributed by atoms with van der Waals surface area (Å²) in [7, 11) is 0. The Morgan fingerprint density at radius 3 is 1.29 bits per heavy atom. The number of aromatic nitrogens is 4. The average molecular weight is 320 g/mol. The van der Waals surface area contributed by atoms with E-state index in [4.69, 9.17) is 0 Å². The summed E-state index contributed by atoms with van der Waals surface area (Å²) in [5.74, 6) is -0.675. The third-order valence-electron chi connectivity index (χ3n) is 3.56. The number of hydrogen-bond donors (Lipinski definition) is 0. The largest absolute Gasteiger partial charge is 0.232 e. The second kappa shape index (κ2) is 5.73. The Morgan fingerprint density at radius 1 is 0.542 bits per heavy atom. The van der Waals surface area contributed by atoms with E-state index in [0.29, 0.717) is 33.8 Å². The van der Waals surface area contributed by atoms with Gasteiger partial charge < -0.3 is 0 Å². The molecule has 0 saturated carbocycles. The number of benzene rings is 2. The standard InChI is InChI=1S/C18H10F2N4/c19-13-5-1-11(2-6-13)15-16(12-3-7-14(20)8-4-12)24-18-17(23-15)21-9-10-22-18/h1-10H. The lowest BCUT2D eigenvalue weighted by Crippen LogP contribution is -1.98. The molecule has 2 aromatic carbocycles. The predicted octanol–water partition coefficient (Wildman–Crippen LogP) is 4.03. The first kappa shape index (κ1) is 14.3. The monoisotopic (exact) mass is 320 g/mol. The van der Waals surface area contributed by atoms with Crippen molar-refractivity contribution in [1.82, 2.24) is 19.9 Å². The minimum absolute atomic E-state index is 0.337. The lowest BCUT2D eigenvalue weighted by molar-refractivity contribution is 0.627. The van der Waals surface area contributed by atoms with Gasteiger partial charge in [0.25, 0.3) is 0 Å². The number of rotatable bonds is 2. The third kappa shape index (κ3) is 2.58. The molecule has 0 N–H and O–H groups in total. The van der Waals surface area contributed by atoms with E-state index in [0.717, 1.165) is 0 Å². The van der Waals surface area contributed by atoms with Crippen LogP contribution < -0.4 is 0 Å². The molecule has 4 nitrogen and oxygen atoms in total. The number of halogens is 2. The van der Waals surface area contributed by atoms with Crippen molar-refractivity contribution in [2.75, 3.05) is 0 Å². The highest BCUT2D eigenvalue weighted by Crippen LogP contribution is 2.30. The van der Waals surface area contributed by atoms with Crippen LogP contribution in [-0.2, 0) is 0 Å². The van der Waals surface area contributed by atoms with Gasteiger partial charge in [0.05, 0.1) is 11.4 Å². The van der Waals surface area contributed by atoms with Gasteiger partial charge in [-0.3, -0.25) is 0 Å². The lowest BCUT2D eigenvalue weighted by atomic mass is 10.0. The molecule has 2 heterocycles. The molecule has 24 heavy (non-hydrogen) atoms. The summed E-state index contributed by atoms with van der Waals surface area (Å²) >= 11 is 0. The van der Waals surface area contributed by atoms with Crippen LogP contribution in [0.15, 0.2) is 60.9 Å². The molecular weight excluding hydrogens is 310 g/mol. The first-order valence-electron chi connectivity index (χ1n) is 7.21. The van der Waals surface area contributed by atoms with Gasteiger partial charge in [-0.05, 0) is 48.5 Å². The van der Waals surface area contributed by atoms with Gasteiger partial charge in [-0.2, -0.15) is 0 Å². The van der Waals surface area contributed by atoms with E-state index in [9.17, 15) is 8.78 Å². The molecule has 0 aliphatic heterocycles. The molecule has 0 atom stereocenters. The van der Waals surface area contributed by atoms with Crippen LogP contribution >= 0.6 is 0 Å². The summed E-state index contributed by atoms with van der Waals surface area (Å²) < 4.78 is 26.4. The smallest absolute Gasteiger partial charge is 0.198 e. The van der Waals surface area contributed by atoms with Crippen LogP contribution in [0.1, 0.15) is 0 Å². The van der Waals surface area contributed by atoms with Crippen LogP contribution in [0.5, 0.6) is 0 Å². The molecule has 116 valence electrons. The molecule has 0 bridgehead atoms. The Balaban J connectivity index is 2.00. The van der Waals surface area contributed by atoms with Crippen molar-refractivity contribution < 1.29 is 8.78 Å². The van der Waals surface area contributed by atoms with Crippen LogP contribution in [0.3, 0.4) is 0 Å². The van der Waals surface area contributed by atoms with Gasteiger partial charge >= 0.3 is 0 Å². The molecule has 4 rings (SSSR count). The molecule has 0 spiro atoms. The zero-order chi connectivity index (χ0) is 16.5. The fourth-order valence-electron chi connectivity index (χ4n) is 2.42. The maximum absolute atomic E-state index is 13.2. The van der Waals surface area contributed by atoms with E-state index in [1.165, 1.54) is 36.7 Å². The predicted molar refractivity (Wildman–Crippen MR) is 85.9 cm³/mol. The molecule has 0 fully saturated rings. The van der Waals surface area contributed by atoms with Crippen molar-refractivity contribution in [2.24, 2.45) is 0 Å². The molecule has 4 aromatic rings. The summed E-state index contributed by atoms with van der Waals surface area (Å²) in [6.45, 7) is 0. The van der Waals surface area contributed by atoms with E-state index < -0.39 is 0 Å². The van der Waals surface area contributed by atoms with Gasteiger partial charge in [0, 0.05) is 23.5 Å². The average Bonchev–Trinajstić information content (AvgIpc) is 2.62. The van der Waals surface area contributed by atoms with Crippen molar-refractivity contribution in [3.05, 3.63) is 72.6 Å². The highest BCUT2D eigenvalue weighted by Gasteiger charge is 2.14. The van der Waals surface area contributed by atoms with E-state index in [-0.39, 0.29) is 11.6 Å². The summed E-state index contributed by atoms with van der Waals surface area (Å²) in [5, 5.41) is 0. The molecule has 2 aromatic heterocycles. The molecule has 0 unspecified atom stereocenters. The Kier molecular flexibility index (Phi) is 3.42. The van der Waals surface area contributed by atoms with Crippen LogP contribution in [0.2, 0.25) is 0 Å². The zero-order valence-electron chi connectivity index (χ0n) is 12.3. The summed E-state index contributed by atoms with van der Waals surface area (Å²) in [6, 6.07) is 11.9. The Labute approximate surface area is 135 Å². The normalized spacial score (nSPS) is 10.9. The first-order chi connectivity index (χ1) is 11.7. The van der Waals surface area contributed by atoms with E-state index in [2.05, 4.69) is 19.9 Å². The Bertz CT molecular complexity index is 931. The molecule has 0 aliphatic rings. The third-order valence-corrected chi connectivity index (χ3v) is 3.56. The fraction of sp³-hybridized carbons (Fsp3) is 0. The van der Waals surface area contributed by atoms with Crippen molar-refractivity contribution in [3.63, 3.8) is 0 Å². The van der Waals surface area contributed by atoms with Crippen molar-refractivity contribution in [3.8, 4) is 22.5 Å². The zero-order valence-corrected chi connectivity index (χ0v) is 12.3. The van der Waals surface area contributed by atoms with E-state index in [1.54, 1.807) is 24.3 Å². The van der Waals surface area contributed by atoms with Gasteiger partial charge in [-0.15, -0.1) is 0 Å². The molecular formula is C18H10F2N4. The van der Waals surface area contributed by atoms with Gasteiger partial charge in [0.2, 0.25) is 0 Å².